The van der Waals surface area contributed by atoms with Crippen molar-refractivity contribution in [3.63, 3.8) is 0 Å². The van der Waals surface area contributed by atoms with Crippen molar-refractivity contribution < 1.29 is 0 Å². The van der Waals surface area contributed by atoms with Crippen LogP contribution in [-0.4, -0.2) is 30.6 Å². The number of rotatable bonds is 7. The van der Waals surface area contributed by atoms with Crippen molar-refractivity contribution in [1.82, 2.24) is 10.3 Å². The number of likely N-dealkylation sites (N-methyl/N-ethyl adjacent to an activating group) is 1. The maximum atomic E-state index is 5.87. The fraction of sp³-hybridized carbons (Fsp3) is 1.00. The monoisotopic (exact) mass is 255 g/mol. The third kappa shape index (κ3) is 3.94. The standard InChI is InChI=1S/C15H33N3/c1-13(2)9-8-10-14(17-16)15(18(3)4)11-6-5-7-12-15/h13-14,17H,5-12,16H2,1-4H3. The van der Waals surface area contributed by atoms with Crippen LogP contribution in [0.1, 0.15) is 65.2 Å². The second-order valence-corrected chi connectivity index (χ2v) is 6.60. The molecule has 0 aromatic heterocycles. The van der Waals surface area contributed by atoms with Crippen LogP contribution in [0.25, 0.3) is 0 Å². The van der Waals surface area contributed by atoms with Crippen molar-refractivity contribution >= 4 is 0 Å². The summed E-state index contributed by atoms with van der Waals surface area (Å²) in [5.41, 5.74) is 3.41. The van der Waals surface area contributed by atoms with Gasteiger partial charge in [-0.05, 0) is 39.3 Å². The van der Waals surface area contributed by atoms with Gasteiger partial charge in [0.05, 0.1) is 0 Å². The highest BCUT2D eigenvalue weighted by Gasteiger charge is 2.40. The third-order valence-corrected chi connectivity index (χ3v) is 4.73. The Kier molecular flexibility index (Phi) is 6.61. The van der Waals surface area contributed by atoms with E-state index < -0.39 is 0 Å². The summed E-state index contributed by atoms with van der Waals surface area (Å²) in [6, 6.07) is 0.437. The molecule has 1 atom stereocenters. The second-order valence-electron chi connectivity index (χ2n) is 6.60. The Morgan fingerprint density at radius 2 is 1.72 bits per heavy atom. The first-order valence-electron chi connectivity index (χ1n) is 7.66. The third-order valence-electron chi connectivity index (χ3n) is 4.73. The molecule has 18 heavy (non-hydrogen) atoms. The van der Waals surface area contributed by atoms with Crippen molar-refractivity contribution in [2.75, 3.05) is 14.1 Å². The maximum Gasteiger partial charge on any atom is 0.0394 e. The average Bonchev–Trinajstić information content (AvgIpc) is 2.35. The van der Waals surface area contributed by atoms with E-state index in [1.807, 2.05) is 0 Å². The molecule has 0 aliphatic heterocycles. The maximum absolute atomic E-state index is 5.87. The Bertz CT molecular complexity index is 220. The Labute approximate surface area is 113 Å². The van der Waals surface area contributed by atoms with Gasteiger partial charge in [0.1, 0.15) is 0 Å². The first-order chi connectivity index (χ1) is 8.53. The predicted molar refractivity (Wildman–Crippen MR) is 79.3 cm³/mol. The Hall–Kier alpha value is -0.120. The molecule has 0 radical (unpaired) electrons. The summed E-state index contributed by atoms with van der Waals surface area (Å²) in [5, 5.41) is 0. The highest BCUT2D eigenvalue weighted by molar-refractivity contribution is 4.99. The molecule has 0 bridgehead atoms. The zero-order valence-corrected chi connectivity index (χ0v) is 12.8. The van der Waals surface area contributed by atoms with E-state index in [1.54, 1.807) is 0 Å². The van der Waals surface area contributed by atoms with Gasteiger partial charge in [-0.25, -0.2) is 0 Å². The molecule has 1 unspecified atom stereocenters. The van der Waals surface area contributed by atoms with Gasteiger partial charge >= 0.3 is 0 Å². The van der Waals surface area contributed by atoms with E-state index in [1.165, 1.54) is 51.4 Å². The Balaban J connectivity index is 2.62. The first kappa shape index (κ1) is 15.9. The first-order valence-corrected chi connectivity index (χ1v) is 7.66. The second kappa shape index (κ2) is 7.46. The molecule has 3 N–H and O–H groups in total. The van der Waals surface area contributed by atoms with E-state index in [0.717, 1.165) is 5.92 Å². The summed E-state index contributed by atoms with van der Waals surface area (Å²) in [6.45, 7) is 4.60. The van der Waals surface area contributed by atoms with Crippen LogP contribution >= 0.6 is 0 Å². The molecule has 0 aromatic carbocycles. The van der Waals surface area contributed by atoms with Crippen LogP contribution in [0.2, 0.25) is 0 Å². The number of nitrogens with one attached hydrogen (secondary N) is 1. The summed E-state index contributed by atoms with van der Waals surface area (Å²) in [6.07, 6.45) is 10.4. The van der Waals surface area contributed by atoms with E-state index in [-0.39, 0.29) is 5.54 Å². The topological polar surface area (TPSA) is 41.3 Å². The van der Waals surface area contributed by atoms with Crippen molar-refractivity contribution in [2.24, 2.45) is 11.8 Å². The van der Waals surface area contributed by atoms with Crippen LogP contribution < -0.4 is 11.3 Å². The molecule has 1 rings (SSSR count). The van der Waals surface area contributed by atoms with E-state index in [0.29, 0.717) is 6.04 Å². The molecule has 0 aromatic rings. The minimum absolute atomic E-state index is 0.282. The number of nitrogens with two attached hydrogens (primary N) is 1. The number of hydrogen-bond donors (Lipinski definition) is 2. The van der Waals surface area contributed by atoms with Crippen LogP contribution in [0.4, 0.5) is 0 Å². The van der Waals surface area contributed by atoms with E-state index >= 15 is 0 Å². The van der Waals surface area contributed by atoms with Crippen LogP contribution in [0.15, 0.2) is 0 Å². The molecule has 0 saturated heterocycles. The number of nitrogens with zero attached hydrogens (tertiary/aromatic N) is 1. The molecule has 1 fully saturated rings. The highest BCUT2D eigenvalue weighted by Crippen LogP contribution is 2.36. The zero-order chi connectivity index (χ0) is 13.6. The highest BCUT2D eigenvalue weighted by atomic mass is 15.3. The Morgan fingerprint density at radius 1 is 1.11 bits per heavy atom. The zero-order valence-electron chi connectivity index (χ0n) is 12.8. The summed E-state index contributed by atoms with van der Waals surface area (Å²) >= 11 is 0. The fourth-order valence-corrected chi connectivity index (χ4v) is 3.51. The van der Waals surface area contributed by atoms with Gasteiger partial charge in [-0.2, -0.15) is 0 Å². The SMILES string of the molecule is CC(C)CCCC(NN)C1(N(C)C)CCCCC1. The summed E-state index contributed by atoms with van der Waals surface area (Å²) in [5.74, 6) is 6.66. The molecule has 108 valence electrons. The molecule has 1 saturated carbocycles. The molecule has 1 aliphatic rings. The molecule has 0 amide bonds. The lowest BCUT2D eigenvalue weighted by Gasteiger charge is -2.48. The average molecular weight is 255 g/mol. The van der Waals surface area contributed by atoms with Crippen molar-refractivity contribution in [1.29, 1.82) is 0 Å². The van der Waals surface area contributed by atoms with E-state index in [2.05, 4.69) is 38.3 Å². The van der Waals surface area contributed by atoms with E-state index in [4.69, 9.17) is 5.84 Å². The Morgan fingerprint density at radius 3 is 2.17 bits per heavy atom. The molecule has 3 heteroatoms. The lowest BCUT2D eigenvalue weighted by atomic mass is 9.74. The summed E-state index contributed by atoms with van der Waals surface area (Å²) < 4.78 is 0. The van der Waals surface area contributed by atoms with Gasteiger partial charge in [0.15, 0.2) is 0 Å². The number of hydrazine groups is 1. The van der Waals surface area contributed by atoms with Crippen LogP contribution in [-0.2, 0) is 0 Å². The van der Waals surface area contributed by atoms with E-state index in [9.17, 15) is 0 Å². The van der Waals surface area contributed by atoms with Crippen molar-refractivity contribution in [2.45, 2.75) is 76.8 Å². The molecule has 1 aliphatic carbocycles. The normalized spacial score (nSPS) is 21.5. The van der Waals surface area contributed by atoms with Gasteiger partial charge in [0, 0.05) is 11.6 Å². The quantitative estimate of drug-likeness (QED) is 0.543. The molecule has 3 nitrogen and oxygen atoms in total. The van der Waals surface area contributed by atoms with Crippen molar-refractivity contribution in [3.05, 3.63) is 0 Å². The van der Waals surface area contributed by atoms with Crippen molar-refractivity contribution in [3.8, 4) is 0 Å². The van der Waals surface area contributed by atoms with Gasteiger partial charge in [-0.15, -0.1) is 0 Å². The molecular weight excluding hydrogens is 222 g/mol. The molecule has 0 heterocycles. The van der Waals surface area contributed by atoms with Crippen LogP contribution in [0.5, 0.6) is 0 Å². The van der Waals surface area contributed by atoms with Crippen LogP contribution in [0, 0.1) is 5.92 Å². The summed E-state index contributed by atoms with van der Waals surface area (Å²) in [7, 11) is 4.44. The minimum atomic E-state index is 0.282. The lowest BCUT2D eigenvalue weighted by molar-refractivity contribution is 0.0521. The molecular formula is C15H33N3. The van der Waals surface area contributed by atoms with Gasteiger partial charge in [-0.1, -0.05) is 46.0 Å². The van der Waals surface area contributed by atoms with Gasteiger partial charge in [-0.3, -0.25) is 11.3 Å². The van der Waals surface area contributed by atoms with Crippen LogP contribution in [0.3, 0.4) is 0 Å². The number of hydrogen-bond acceptors (Lipinski definition) is 3. The fourth-order valence-electron chi connectivity index (χ4n) is 3.51. The van der Waals surface area contributed by atoms with Gasteiger partial charge in [0.25, 0.3) is 0 Å². The summed E-state index contributed by atoms with van der Waals surface area (Å²) in [4.78, 5) is 2.42. The largest absolute Gasteiger partial charge is 0.302 e. The minimum Gasteiger partial charge on any atom is -0.302 e. The lowest BCUT2D eigenvalue weighted by Crippen LogP contribution is -2.61. The van der Waals surface area contributed by atoms with Gasteiger partial charge < -0.3 is 4.90 Å². The van der Waals surface area contributed by atoms with Gasteiger partial charge in [0.2, 0.25) is 0 Å². The smallest absolute Gasteiger partial charge is 0.0394 e. The molecule has 0 spiro atoms. The predicted octanol–water partition coefficient (Wildman–Crippen LogP) is 2.91.